The molecule has 3 atom stereocenters. The Labute approximate surface area is 95.2 Å². The van der Waals surface area contributed by atoms with Gasteiger partial charge in [-0.1, -0.05) is 20.8 Å². The van der Waals surface area contributed by atoms with Gasteiger partial charge in [0.05, 0.1) is 0 Å². The van der Waals surface area contributed by atoms with Crippen molar-refractivity contribution in [3.8, 4) is 0 Å². The molecule has 1 heterocycles. The predicted molar refractivity (Wildman–Crippen MR) is 66.0 cm³/mol. The second kappa shape index (κ2) is 3.23. The van der Waals surface area contributed by atoms with Gasteiger partial charge in [-0.05, 0) is 51.4 Å². The molecule has 0 aromatic heterocycles. The first kappa shape index (κ1) is 11.4. The molecule has 0 radical (unpaired) electrons. The highest BCUT2D eigenvalue weighted by molar-refractivity contribution is 5.07. The standard InChI is InChI=1S/C14H27N/c1-13(2,3)12-10-7-8-11(9-10)15(12)14(4,5)6/h10-12H,7-9H2,1-6H3/t10-,11+,12?/m0/s1. The van der Waals surface area contributed by atoms with Gasteiger partial charge in [-0.2, -0.15) is 0 Å². The first-order valence-electron chi connectivity index (χ1n) is 6.50. The monoisotopic (exact) mass is 209 g/mol. The molecule has 0 aromatic rings. The number of likely N-dealkylation sites (tertiary alicyclic amines) is 1. The third kappa shape index (κ3) is 1.84. The highest BCUT2D eigenvalue weighted by atomic mass is 15.3. The summed E-state index contributed by atoms with van der Waals surface area (Å²) in [5.74, 6) is 0.967. The molecule has 0 spiro atoms. The largest absolute Gasteiger partial charge is 0.292 e. The van der Waals surface area contributed by atoms with Gasteiger partial charge in [0.25, 0.3) is 0 Å². The molecule has 1 aliphatic carbocycles. The Kier molecular flexibility index (Phi) is 2.46. The lowest BCUT2D eigenvalue weighted by Crippen LogP contribution is -2.56. The van der Waals surface area contributed by atoms with Crippen LogP contribution in [0.4, 0.5) is 0 Å². The summed E-state index contributed by atoms with van der Waals surface area (Å²) in [6, 6.07) is 1.68. The molecule has 0 amide bonds. The van der Waals surface area contributed by atoms with Crippen molar-refractivity contribution in [2.24, 2.45) is 11.3 Å². The van der Waals surface area contributed by atoms with Gasteiger partial charge in [0, 0.05) is 17.6 Å². The summed E-state index contributed by atoms with van der Waals surface area (Å²) >= 11 is 0. The Bertz CT molecular complexity index is 217. The van der Waals surface area contributed by atoms with Crippen LogP contribution in [0.5, 0.6) is 0 Å². The Morgan fingerprint density at radius 3 is 1.93 bits per heavy atom. The number of hydrogen-bond donors (Lipinski definition) is 0. The summed E-state index contributed by atoms with van der Waals surface area (Å²) < 4.78 is 0. The van der Waals surface area contributed by atoms with Crippen LogP contribution >= 0.6 is 0 Å². The minimum atomic E-state index is 0.345. The normalized spacial score (nSPS) is 37.6. The second-order valence-corrected chi connectivity index (χ2v) is 7.62. The highest BCUT2D eigenvalue weighted by Crippen LogP contribution is 2.51. The van der Waals surface area contributed by atoms with Crippen LogP contribution in [-0.4, -0.2) is 22.5 Å². The van der Waals surface area contributed by atoms with E-state index in [0.717, 1.165) is 18.0 Å². The van der Waals surface area contributed by atoms with Crippen molar-refractivity contribution in [3.05, 3.63) is 0 Å². The van der Waals surface area contributed by atoms with E-state index < -0.39 is 0 Å². The topological polar surface area (TPSA) is 3.24 Å². The predicted octanol–water partition coefficient (Wildman–Crippen LogP) is 3.68. The van der Waals surface area contributed by atoms with Crippen LogP contribution in [0.15, 0.2) is 0 Å². The minimum absolute atomic E-state index is 0.345. The van der Waals surface area contributed by atoms with E-state index in [4.69, 9.17) is 0 Å². The molecule has 0 aromatic carbocycles. The van der Waals surface area contributed by atoms with Crippen LogP contribution in [0.2, 0.25) is 0 Å². The molecule has 1 heteroatoms. The fourth-order valence-corrected chi connectivity index (χ4v) is 4.07. The molecule has 0 N–H and O–H groups in total. The van der Waals surface area contributed by atoms with E-state index in [-0.39, 0.29) is 0 Å². The number of piperidine rings is 1. The van der Waals surface area contributed by atoms with E-state index in [2.05, 4.69) is 46.4 Å². The minimum Gasteiger partial charge on any atom is -0.292 e. The van der Waals surface area contributed by atoms with Crippen molar-refractivity contribution in [1.82, 2.24) is 4.90 Å². The third-order valence-corrected chi connectivity index (χ3v) is 4.25. The third-order valence-electron chi connectivity index (χ3n) is 4.25. The molecule has 2 bridgehead atoms. The molecular weight excluding hydrogens is 182 g/mol. The maximum Gasteiger partial charge on any atom is 0.0181 e. The molecular formula is C14H27N. The summed E-state index contributed by atoms with van der Waals surface area (Å²) in [6.07, 6.45) is 4.37. The van der Waals surface area contributed by atoms with E-state index in [0.29, 0.717) is 11.0 Å². The molecule has 1 saturated carbocycles. The zero-order valence-corrected chi connectivity index (χ0v) is 11.3. The van der Waals surface area contributed by atoms with Gasteiger partial charge in [-0.25, -0.2) is 0 Å². The summed E-state index contributed by atoms with van der Waals surface area (Å²) in [6.45, 7) is 14.4. The molecule has 15 heavy (non-hydrogen) atoms. The average Bonchev–Trinajstić information content (AvgIpc) is 2.56. The van der Waals surface area contributed by atoms with Gasteiger partial charge in [-0.15, -0.1) is 0 Å². The quantitative estimate of drug-likeness (QED) is 0.588. The number of fused-ring (bicyclic) bond motifs is 2. The summed E-state index contributed by atoms with van der Waals surface area (Å²) in [4.78, 5) is 2.82. The van der Waals surface area contributed by atoms with Crippen molar-refractivity contribution in [2.75, 3.05) is 0 Å². The highest BCUT2D eigenvalue weighted by Gasteiger charge is 2.53. The molecule has 1 unspecified atom stereocenters. The fourth-order valence-electron chi connectivity index (χ4n) is 4.07. The van der Waals surface area contributed by atoms with Crippen molar-refractivity contribution >= 4 is 0 Å². The number of nitrogens with zero attached hydrogens (tertiary/aromatic N) is 1. The zero-order valence-electron chi connectivity index (χ0n) is 11.3. The van der Waals surface area contributed by atoms with Gasteiger partial charge in [0.15, 0.2) is 0 Å². The van der Waals surface area contributed by atoms with Gasteiger partial charge >= 0.3 is 0 Å². The van der Waals surface area contributed by atoms with Gasteiger partial charge < -0.3 is 0 Å². The lowest BCUT2D eigenvalue weighted by molar-refractivity contribution is -0.0101. The average molecular weight is 209 g/mol. The molecule has 2 fully saturated rings. The molecule has 2 rings (SSSR count). The maximum absolute atomic E-state index is 2.82. The van der Waals surface area contributed by atoms with Crippen LogP contribution in [0.25, 0.3) is 0 Å². The van der Waals surface area contributed by atoms with Crippen molar-refractivity contribution in [1.29, 1.82) is 0 Å². The van der Waals surface area contributed by atoms with E-state index in [1.165, 1.54) is 19.3 Å². The lowest BCUT2D eigenvalue weighted by atomic mass is 9.77. The van der Waals surface area contributed by atoms with E-state index in [9.17, 15) is 0 Å². The van der Waals surface area contributed by atoms with Crippen LogP contribution in [0, 0.1) is 11.3 Å². The lowest BCUT2D eigenvalue weighted by Gasteiger charge is -2.49. The van der Waals surface area contributed by atoms with E-state index in [1.807, 2.05) is 0 Å². The summed E-state index contributed by atoms with van der Waals surface area (Å²) in [5, 5.41) is 0. The number of hydrogen-bond acceptors (Lipinski definition) is 1. The fraction of sp³-hybridized carbons (Fsp3) is 1.00. The maximum atomic E-state index is 2.82. The zero-order chi connectivity index (χ0) is 11.4. The van der Waals surface area contributed by atoms with Gasteiger partial charge in [-0.3, -0.25) is 4.90 Å². The Morgan fingerprint density at radius 2 is 1.53 bits per heavy atom. The molecule has 1 nitrogen and oxygen atoms in total. The smallest absolute Gasteiger partial charge is 0.0181 e. The Morgan fingerprint density at radius 1 is 0.933 bits per heavy atom. The van der Waals surface area contributed by atoms with Crippen LogP contribution in [0.3, 0.4) is 0 Å². The van der Waals surface area contributed by atoms with E-state index in [1.54, 1.807) is 0 Å². The first-order chi connectivity index (χ1) is 6.71. The molecule has 88 valence electrons. The van der Waals surface area contributed by atoms with Crippen molar-refractivity contribution in [3.63, 3.8) is 0 Å². The van der Waals surface area contributed by atoms with Crippen molar-refractivity contribution in [2.45, 2.75) is 78.4 Å². The van der Waals surface area contributed by atoms with E-state index >= 15 is 0 Å². The second-order valence-electron chi connectivity index (χ2n) is 7.62. The first-order valence-corrected chi connectivity index (χ1v) is 6.50. The SMILES string of the molecule is CC(C)(C)C1[C@H]2CC[C@H](C2)N1C(C)(C)C. The molecule has 1 saturated heterocycles. The van der Waals surface area contributed by atoms with Crippen molar-refractivity contribution < 1.29 is 0 Å². The molecule has 1 aliphatic heterocycles. The van der Waals surface area contributed by atoms with Gasteiger partial charge in [0.2, 0.25) is 0 Å². The summed E-state index contributed by atoms with van der Waals surface area (Å²) in [5.41, 5.74) is 0.783. The number of rotatable bonds is 0. The Balaban J connectivity index is 2.28. The van der Waals surface area contributed by atoms with Crippen LogP contribution in [0.1, 0.15) is 60.8 Å². The van der Waals surface area contributed by atoms with Gasteiger partial charge in [0.1, 0.15) is 0 Å². The van der Waals surface area contributed by atoms with Crippen LogP contribution < -0.4 is 0 Å². The Hall–Kier alpha value is -0.0400. The van der Waals surface area contributed by atoms with Crippen LogP contribution in [-0.2, 0) is 0 Å². The summed E-state index contributed by atoms with van der Waals surface area (Å²) in [7, 11) is 0. The molecule has 2 aliphatic rings.